The lowest BCUT2D eigenvalue weighted by Gasteiger charge is -2.43. The van der Waals surface area contributed by atoms with Gasteiger partial charge in [-0.25, -0.2) is 4.98 Å². The average molecular weight is 541 g/mol. The molecule has 0 spiro atoms. The number of nitrogens with one attached hydrogen (secondary N) is 1. The molecular formula is C25H26BrN3O2SSi. The third kappa shape index (κ3) is 4.55. The zero-order valence-corrected chi connectivity index (χ0v) is 22.2. The fourth-order valence-corrected chi connectivity index (χ4v) is 9.52. The number of aromatic nitrogens is 1. The number of nitrogens with zero attached hydrogens (tertiary/aromatic N) is 1. The Bertz CT molecular complexity index is 1230. The van der Waals surface area contributed by atoms with Crippen molar-refractivity contribution in [3.63, 3.8) is 0 Å². The lowest BCUT2D eigenvalue weighted by atomic mass is 10.2. The van der Waals surface area contributed by atoms with E-state index in [1.807, 2.05) is 24.3 Å². The van der Waals surface area contributed by atoms with Gasteiger partial charge in [0.25, 0.3) is 0 Å². The van der Waals surface area contributed by atoms with Crippen LogP contribution in [0.1, 0.15) is 20.8 Å². The second-order valence-corrected chi connectivity index (χ2v) is 14.7. The van der Waals surface area contributed by atoms with E-state index in [4.69, 9.17) is 10.2 Å². The molecule has 3 aromatic carbocycles. The lowest BCUT2D eigenvalue weighted by molar-refractivity contribution is -0.113. The van der Waals surface area contributed by atoms with E-state index < -0.39 is 8.32 Å². The van der Waals surface area contributed by atoms with Crippen molar-refractivity contribution in [2.24, 2.45) is 0 Å². The highest BCUT2D eigenvalue weighted by Gasteiger charge is 2.52. The van der Waals surface area contributed by atoms with Crippen molar-refractivity contribution >= 4 is 72.9 Å². The molecule has 0 unspecified atom stereocenters. The van der Waals surface area contributed by atoms with Crippen LogP contribution in [0.15, 0.2) is 72.8 Å². The number of hydrogen-bond donors (Lipinski definition) is 2. The summed E-state index contributed by atoms with van der Waals surface area (Å²) < 4.78 is 8.05. The maximum atomic E-state index is 12.1. The predicted octanol–water partition coefficient (Wildman–Crippen LogP) is 5.15. The summed E-state index contributed by atoms with van der Waals surface area (Å²) in [7, 11) is -2.87. The van der Waals surface area contributed by atoms with Crippen molar-refractivity contribution in [3.8, 4) is 5.75 Å². The first-order valence-electron chi connectivity index (χ1n) is 10.6. The van der Waals surface area contributed by atoms with E-state index in [2.05, 4.69) is 95.5 Å². The van der Waals surface area contributed by atoms with Crippen molar-refractivity contribution in [2.75, 3.05) is 16.4 Å². The molecule has 4 rings (SSSR count). The highest BCUT2D eigenvalue weighted by Crippen LogP contribution is 2.41. The molecule has 8 heteroatoms. The van der Waals surface area contributed by atoms with Gasteiger partial charge in [0.2, 0.25) is 5.91 Å². The van der Waals surface area contributed by atoms with Crippen LogP contribution in [0, 0.1) is 0 Å². The molecule has 1 aromatic heterocycles. The van der Waals surface area contributed by atoms with E-state index in [1.54, 1.807) is 0 Å². The van der Waals surface area contributed by atoms with E-state index in [-0.39, 0.29) is 16.3 Å². The number of halogens is 1. The molecule has 0 bridgehead atoms. The van der Waals surface area contributed by atoms with Crippen LogP contribution in [0.25, 0.3) is 10.2 Å². The second-order valence-electron chi connectivity index (χ2n) is 8.82. The number of fused-ring (bicyclic) bond motifs is 1. The first kappa shape index (κ1) is 23.5. The van der Waals surface area contributed by atoms with Gasteiger partial charge in [0.15, 0.2) is 5.13 Å². The van der Waals surface area contributed by atoms with Gasteiger partial charge in [0.05, 0.1) is 10.0 Å². The largest absolute Gasteiger partial charge is 0.532 e. The summed E-state index contributed by atoms with van der Waals surface area (Å²) in [4.78, 5) is 16.7. The summed E-state index contributed by atoms with van der Waals surface area (Å²) in [6.07, 6.45) is 0. The van der Waals surface area contributed by atoms with E-state index in [0.29, 0.717) is 22.1 Å². The van der Waals surface area contributed by atoms with Crippen LogP contribution in [0.5, 0.6) is 5.75 Å². The molecule has 0 atom stereocenters. The van der Waals surface area contributed by atoms with Crippen LogP contribution in [-0.4, -0.2) is 24.5 Å². The molecule has 170 valence electrons. The van der Waals surface area contributed by atoms with Crippen molar-refractivity contribution in [3.05, 3.63) is 72.8 Å². The van der Waals surface area contributed by atoms with Crippen molar-refractivity contribution in [1.29, 1.82) is 0 Å². The normalized spacial score (nSPS) is 12.0. The molecule has 1 amide bonds. The minimum Gasteiger partial charge on any atom is -0.532 e. The summed E-state index contributed by atoms with van der Waals surface area (Å²) in [6, 6.07) is 24.6. The molecule has 4 aromatic rings. The number of hydrogen-bond acceptors (Lipinski definition) is 5. The summed E-state index contributed by atoms with van der Waals surface area (Å²) in [6.45, 7) is 6.67. The van der Waals surface area contributed by atoms with Crippen LogP contribution in [0.3, 0.4) is 0 Å². The van der Waals surface area contributed by atoms with E-state index >= 15 is 0 Å². The molecular weight excluding hydrogens is 514 g/mol. The Balaban J connectivity index is 1.98. The summed E-state index contributed by atoms with van der Waals surface area (Å²) >= 11 is 4.59. The van der Waals surface area contributed by atoms with Crippen LogP contribution in [-0.2, 0) is 4.79 Å². The van der Waals surface area contributed by atoms with Crippen molar-refractivity contribution in [1.82, 2.24) is 4.98 Å². The van der Waals surface area contributed by atoms with Gasteiger partial charge in [0.1, 0.15) is 11.3 Å². The fraction of sp³-hybridized carbons (Fsp3) is 0.200. The van der Waals surface area contributed by atoms with Crippen LogP contribution < -0.4 is 25.8 Å². The monoisotopic (exact) mass is 539 g/mol. The van der Waals surface area contributed by atoms with Gasteiger partial charge in [-0.15, -0.1) is 0 Å². The molecule has 0 radical (unpaired) electrons. The van der Waals surface area contributed by atoms with Crippen molar-refractivity contribution in [2.45, 2.75) is 25.8 Å². The first-order valence-corrected chi connectivity index (χ1v) is 14.4. The second kappa shape index (κ2) is 9.28. The van der Waals surface area contributed by atoms with Crippen LogP contribution >= 0.6 is 27.3 Å². The predicted molar refractivity (Wildman–Crippen MR) is 145 cm³/mol. The first-order chi connectivity index (χ1) is 15.7. The van der Waals surface area contributed by atoms with Gasteiger partial charge in [-0.3, -0.25) is 4.79 Å². The number of carbonyl (C=O) groups is 1. The standard InChI is InChI=1S/C25H26BrN3O2SSi/c1-25(2,3)33(18-10-6-4-7-11-18,19-12-8-5-9-13-19)31-20-14-17(28-22(30)16-26)15-21-23(20)29-24(27)32-21/h4-15H,16H2,1-3H3,(H2,27,29)(H,28,30). The maximum Gasteiger partial charge on any atom is 0.320 e. The Morgan fingerprint density at radius 3 is 2.15 bits per heavy atom. The molecule has 1 heterocycles. The zero-order chi connectivity index (χ0) is 23.6. The Kier molecular flexibility index (Phi) is 6.60. The van der Waals surface area contributed by atoms with Gasteiger partial charge in [-0.2, -0.15) is 0 Å². The number of nitrogens with two attached hydrogens (primary N) is 1. The molecule has 0 aliphatic carbocycles. The number of anilines is 2. The van der Waals surface area contributed by atoms with Gasteiger partial charge in [-0.05, 0) is 21.5 Å². The van der Waals surface area contributed by atoms with Gasteiger partial charge in [0, 0.05) is 11.8 Å². The zero-order valence-electron chi connectivity index (χ0n) is 18.8. The smallest absolute Gasteiger partial charge is 0.320 e. The molecule has 0 saturated heterocycles. The summed E-state index contributed by atoms with van der Waals surface area (Å²) in [5.41, 5.74) is 7.44. The number of rotatable bonds is 6. The minimum atomic E-state index is -2.87. The molecule has 0 fully saturated rings. The Hall–Kier alpha value is -2.68. The highest BCUT2D eigenvalue weighted by molar-refractivity contribution is 9.09. The molecule has 0 aliphatic rings. The average Bonchev–Trinajstić information content (AvgIpc) is 3.18. The summed E-state index contributed by atoms with van der Waals surface area (Å²) in [5, 5.41) is 5.71. The molecule has 3 N–H and O–H groups in total. The maximum absolute atomic E-state index is 12.1. The topological polar surface area (TPSA) is 77.2 Å². The van der Waals surface area contributed by atoms with Gasteiger partial charge in [-0.1, -0.05) is 109 Å². The number of amides is 1. The van der Waals surface area contributed by atoms with E-state index in [1.165, 1.54) is 11.3 Å². The number of alkyl halides is 1. The number of benzene rings is 3. The highest BCUT2D eigenvalue weighted by atomic mass is 79.9. The Morgan fingerprint density at radius 2 is 1.64 bits per heavy atom. The lowest BCUT2D eigenvalue weighted by Crippen LogP contribution is -2.68. The third-order valence-electron chi connectivity index (χ3n) is 5.56. The number of thiazole rings is 1. The van der Waals surface area contributed by atoms with E-state index in [0.717, 1.165) is 15.1 Å². The van der Waals surface area contributed by atoms with E-state index in [9.17, 15) is 4.79 Å². The van der Waals surface area contributed by atoms with Gasteiger partial charge < -0.3 is 15.5 Å². The molecule has 5 nitrogen and oxygen atoms in total. The number of carbonyl (C=O) groups excluding carboxylic acids is 1. The minimum absolute atomic E-state index is 0.136. The number of nitrogen functional groups attached to an aromatic ring is 1. The molecule has 33 heavy (non-hydrogen) atoms. The SMILES string of the molecule is CC(C)(C)[Si](Oc1cc(NC(=O)CBr)cc2sc(N)nc12)(c1ccccc1)c1ccccc1. The Morgan fingerprint density at radius 1 is 1.06 bits per heavy atom. The third-order valence-corrected chi connectivity index (χ3v) is 11.8. The van der Waals surface area contributed by atoms with Crippen LogP contribution in [0.2, 0.25) is 5.04 Å². The molecule has 0 aliphatic heterocycles. The fourth-order valence-electron chi connectivity index (χ4n) is 4.17. The summed E-state index contributed by atoms with van der Waals surface area (Å²) in [5.74, 6) is 0.489. The van der Waals surface area contributed by atoms with Gasteiger partial charge >= 0.3 is 8.32 Å². The van der Waals surface area contributed by atoms with Crippen molar-refractivity contribution < 1.29 is 9.22 Å². The molecule has 0 saturated carbocycles. The Labute approximate surface area is 207 Å². The quantitative estimate of drug-likeness (QED) is 0.262. The van der Waals surface area contributed by atoms with Crippen LogP contribution in [0.4, 0.5) is 10.8 Å².